The van der Waals surface area contributed by atoms with E-state index in [4.69, 9.17) is 4.74 Å². The summed E-state index contributed by atoms with van der Waals surface area (Å²) in [6.45, 7) is 1.49. The minimum atomic E-state index is -0.324. The van der Waals surface area contributed by atoms with Gasteiger partial charge in [-0.15, -0.1) is 5.10 Å². The van der Waals surface area contributed by atoms with Gasteiger partial charge in [-0.1, -0.05) is 17.3 Å². The predicted octanol–water partition coefficient (Wildman–Crippen LogP) is 2.50. The Morgan fingerprint density at radius 1 is 1.18 bits per heavy atom. The summed E-state index contributed by atoms with van der Waals surface area (Å²) in [6.07, 6.45) is 7.79. The van der Waals surface area contributed by atoms with Crippen LogP contribution in [0.15, 0.2) is 30.5 Å². The number of nitrogens with one attached hydrogen (secondary N) is 1. The van der Waals surface area contributed by atoms with E-state index >= 15 is 0 Å². The zero-order chi connectivity index (χ0) is 20.2. The molecule has 1 amide bonds. The maximum absolute atomic E-state index is 11.8. The summed E-state index contributed by atoms with van der Waals surface area (Å²) in [5, 5.41) is 11.2. The zero-order valence-corrected chi connectivity index (χ0v) is 17.3. The molecular formula is C20H28N4O3S. The first-order chi connectivity index (χ1) is 13.6. The lowest BCUT2D eigenvalue weighted by atomic mass is 10.1. The third-order valence-electron chi connectivity index (χ3n) is 4.27. The Morgan fingerprint density at radius 2 is 1.96 bits per heavy atom. The van der Waals surface area contributed by atoms with Gasteiger partial charge in [-0.05, 0) is 49.0 Å². The first-order valence-corrected chi connectivity index (χ1v) is 10.8. The van der Waals surface area contributed by atoms with E-state index in [0.29, 0.717) is 18.4 Å². The molecule has 0 unspecified atom stereocenters. The van der Waals surface area contributed by atoms with Crippen molar-refractivity contribution in [2.24, 2.45) is 0 Å². The number of methoxy groups -OCH3 is 1. The van der Waals surface area contributed by atoms with Gasteiger partial charge in [0.2, 0.25) is 5.91 Å². The lowest BCUT2D eigenvalue weighted by molar-refractivity contribution is -0.121. The average Bonchev–Trinajstić information content (AvgIpc) is 3.17. The smallest absolute Gasteiger partial charge is 0.337 e. The minimum Gasteiger partial charge on any atom is -0.465 e. The van der Waals surface area contributed by atoms with Crippen LogP contribution >= 0.6 is 11.8 Å². The topological polar surface area (TPSA) is 86.1 Å². The molecule has 0 aliphatic rings. The monoisotopic (exact) mass is 404 g/mol. The first-order valence-electron chi connectivity index (χ1n) is 9.44. The van der Waals surface area contributed by atoms with Crippen molar-refractivity contribution in [3.8, 4) is 0 Å². The maximum atomic E-state index is 11.8. The Bertz CT molecular complexity index is 746. The fraction of sp³-hybridized carbons (Fsp3) is 0.500. The van der Waals surface area contributed by atoms with E-state index in [2.05, 4.69) is 21.9 Å². The summed E-state index contributed by atoms with van der Waals surface area (Å²) in [5.41, 5.74) is 2.55. The highest BCUT2D eigenvalue weighted by Gasteiger charge is 2.07. The van der Waals surface area contributed by atoms with E-state index in [0.717, 1.165) is 49.4 Å². The van der Waals surface area contributed by atoms with Crippen LogP contribution in [0.5, 0.6) is 0 Å². The van der Waals surface area contributed by atoms with Gasteiger partial charge >= 0.3 is 5.97 Å². The number of carbonyl (C=O) groups is 2. The van der Waals surface area contributed by atoms with Crippen LogP contribution in [0.3, 0.4) is 0 Å². The Kier molecular flexibility index (Phi) is 9.54. The molecule has 0 saturated carbocycles. The number of ether oxygens (including phenoxy) is 1. The predicted molar refractivity (Wildman–Crippen MR) is 110 cm³/mol. The number of benzene rings is 1. The highest BCUT2D eigenvalue weighted by molar-refractivity contribution is 7.98. The molecule has 0 atom stereocenters. The number of hydrogen-bond acceptors (Lipinski definition) is 6. The van der Waals surface area contributed by atoms with E-state index in [9.17, 15) is 9.59 Å². The SMILES string of the molecule is COC(=O)c1ccc(CCCn2cc(CCC(=O)NCCCSC)nn2)cc1. The molecule has 7 nitrogen and oxygen atoms in total. The van der Waals surface area contributed by atoms with E-state index in [1.165, 1.54) is 7.11 Å². The first kappa shape index (κ1) is 21.9. The molecule has 8 heteroatoms. The normalized spacial score (nSPS) is 10.6. The molecule has 2 aromatic rings. The van der Waals surface area contributed by atoms with Gasteiger partial charge in [0.15, 0.2) is 0 Å². The van der Waals surface area contributed by atoms with Gasteiger partial charge < -0.3 is 10.1 Å². The lowest BCUT2D eigenvalue weighted by Crippen LogP contribution is -2.25. The average molecular weight is 405 g/mol. The molecule has 152 valence electrons. The zero-order valence-electron chi connectivity index (χ0n) is 16.5. The van der Waals surface area contributed by atoms with Crippen LogP contribution in [-0.4, -0.2) is 52.5 Å². The van der Waals surface area contributed by atoms with Crippen molar-refractivity contribution in [3.63, 3.8) is 0 Å². The minimum absolute atomic E-state index is 0.0612. The molecule has 28 heavy (non-hydrogen) atoms. The second kappa shape index (κ2) is 12.2. The Morgan fingerprint density at radius 3 is 2.68 bits per heavy atom. The van der Waals surface area contributed by atoms with Crippen molar-refractivity contribution >= 4 is 23.6 Å². The molecule has 1 heterocycles. The van der Waals surface area contributed by atoms with Gasteiger partial charge in [0.1, 0.15) is 0 Å². The van der Waals surface area contributed by atoms with Crippen molar-refractivity contribution in [2.75, 3.05) is 25.7 Å². The van der Waals surface area contributed by atoms with Crippen molar-refractivity contribution in [1.82, 2.24) is 20.3 Å². The quantitative estimate of drug-likeness (QED) is 0.432. The highest BCUT2D eigenvalue weighted by Crippen LogP contribution is 2.09. The number of amides is 1. The van der Waals surface area contributed by atoms with E-state index < -0.39 is 0 Å². The van der Waals surface area contributed by atoms with Gasteiger partial charge in [-0.25, -0.2) is 4.79 Å². The fourth-order valence-electron chi connectivity index (χ4n) is 2.71. The van der Waals surface area contributed by atoms with Gasteiger partial charge in [-0.3, -0.25) is 9.48 Å². The number of aryl methyl sites for hydroxylation is 3. The number of aromatic nitrogens is 3. The molecule has 0 aliphatic carbocycles. The number of rotatable bonds is 12. The summed E-state index contributed by atoms with van der Waals surface area (Å²) in [7, 11) is 1.38. The molecule has 1 N–H and O–H groups in total. The molecule has 2 rings (SSSR count). The molecule has 0 radical (unpaired) electrons. The Labute approximate surface area is 170 Å². The van der Waals surface area contributed by atoms with Gasteiger partial charge in [0, 0.05) is 32.1 Å². The third-order valence-corrected chi connectivity index (χ3v) is 4.97. The fourth-order valence-corrected chi connectivity index (χ4v) is 3.14. The van der Waals surface area contributed by atoms with E-state index in [1.807, 2.05) is 23.0 Å². The van der Waals surface area contributed by atoms with E-state index in [1.54, 1.807) is 23.9 Å². The molecule has 1 aromatic carbocycles. The Hall–Kier alpha value is -2.35. The van der Waals surface area contributed by atoms with Crippen LogP contribution in [0.1, 0.15) is 40.9 Å². The van der Waals surface area contributed by atoms with Crippen molar-refractivity contribution < 1.29 is 14.3 Å². The number of thioether (sulfide) groups is 1. The van der Waals surface area contributed by atoms with Crippen LogP contribution in [0, 0.1) is 0 Å². The van der Waals surface area contributed by atoms with Crippen molar-refractivity contribution in [3.05, 3.63) is 47.3 Å². The summed E-state index contributed by atoms with van der Waals surface area (Å²) < 4.78 is 6.51. The molecule has 1 aromatic heterocycles. The number of hydrogen-bond donors (Lipinski definition) is 1. The molecule has 0 aliphatic heterocycles. The van der Waals surface area contributed by atoms with Crippen molar-refractivity contribution in [1.29, 1.82) is 0 Å². The summed E-state index contributed by atoms with van der Waals surface area (Å²) in [5.74, 6) is 0.797. The van der Waals surface area contributed by atoms with Crippen LogP contribution in [-0.2, 0) is 28.9 Å². The van der Waals surface area contributed by atoms with Crippen LogP contribution in [0.25, 0.3) is 0 Å². The summed E-state index contributed by atoms with van der Waals surface area (Å²) in [4.78, 5) is 23.2. The maximum Gasteiger partial charge on any atom is 0.337 e. The van der Waals surface area contributed by atoms with Gasteiger partial charge in [0.05, 0.1) is 18.4 Å². The van der Waals surface area contributed by atoms with Crippen LogP contribution in [0.4, 0.5) is 0 Å². The van der Waals surface area contributed by atoms with Gasteiger partial charge in [0.25, 0.3) is 0 Å². The molecule has 0 saturated heterocycles. The summed E-state index contributed by atoms with van der Waals surface area (Å²) in [6, 6.07) is 7.44. The number of esters is 1. The van der Waals surface area contributed by atoms with Gasteiger partial charge in [-0.2, -0.15) is 11.8 Å². The molecule has 0 bridgehead atoms. The van der Waals surface area contributed by atoms with Crippen LogP contribution in [0.2, 0.25) is 0 Å². The highest BCUT2D eigenvalue weighted by atomic mass is 32.2. The lowest BCUT2D eigenvalue weighted by Gasteiger charge is -2.04. The second-order valence-corrected chi connectivity index (χ2v) is 7.45. The number of nitrogens with zero attached hydrogens (tertiary/aromatic N) is 3. The standard InChI is InChI=1S/C20H28N4O3S/c1-27-20(26)17-8-6-16(7-9-17)5-3-13-24-15-18(22-23-24)10-11-19(25)21-12-4-14-28-2/h6-9,15H,3-5,10-14H2,1-2H3,(H,21,25). The van der Waals surface area contributed by atoms with E-state index in [-0.39, 0.29) is 11.9 Å². The second-order valence-electron chi connectivity index (χ2n) is 6.46. The van der Waals surface area contributed by atoms with Crippen molar-refractivity contribution in [2.45, 2.75) is 38.6 Å². The molecule has 0 spiro atoms. The summed E-state index contributed by atoms with van der Waals surface area (Å²) >= 11 is 1.78. The molecule has 0 fully saturated rings. The largest absolute Gasteiger partial charge is 0.465 e. The van der Waals surface area contributed by atoms with Crippen LogP contribution < -0.4 is 5.32 Å². The Balaban J connectivity index is 1.67. The third kappa shape index (κ3) is 7.72. The molecular weight excluding hydrogens is 376 g/mol. The number of carbonyl (C=O) groups excluding carboxylic acids is 2.